The third kappa shape index (κ3) is 7.58. The molecule has 33 heavy (non-hydrogen) atoms. The van der Waals surface area contributed by atoms with Crippen molar-refractivity contribution in [2.24, 2.45) is 0 Å². The van der Waals surface area contributed by atoms with Gasteiger partial charge in [-0.05, 0) is 62.2 Å². The van der Waals surface area contributed by atoms with Crippen molar-refractivity contribution in [1.29, 1.82) is 0 Å². The zero-order valence-electron chi connectivity index (χ0n) is 19.5. The second-order valence-corrected chi connectivity index (χ2v) is 9.54. The molecule has 0 aliphatic carbocycles. The molecule has 3 rings (SSSR count). The van der Waals surface area contributed by atoms with E-state index in [1.807, 2.05) is 6.07 Å². The van der Waals surface area contributed by atoms with E-state index in [9.17, 15) is 9.00 Å². The molecule has 0 radical (unpaired) electrons. The van der Waals surface area contributed by atoms with Crippen LogP contribution in [0.4, 0.5) is 0 Å². The lowest BCUT2D eigenvalue weighted by molar-refractivity contribution is 0.0921. The van der Waals surface area contributed by atoms with Crippen molar-refractivity contribution >= 4 is 16.7 Å². The molecule has 0 aliphatic heterocycles. The summed E-state index contributed by atoms with van der Waals surface area (Å²) in [7, 11) is 0.325. The van der Waals surface area contributed by atoms with E-state index in [1.165, 1.54) is 5.56 Å². The minimum absolute atomic E-state index is 0.211. The van der Waals surface area contributed by atoms with Crippen LogP contribution < -0.4 is 10.1 Å². The second-order valence-electron chi connectivity index (χ2n) is 8.09. The highest BCUT2D eigenvalue weighted by Crippen LogP contribution is 2.18. The monoisotopic (exact) mass is 468 g/mol. The quantitative estimate of drug-likeness (QED) is 0.393. The van der Waals surface area contributed by atoms with Crippen LogP contribution in [0.5, 0.6) is 5.75 Å². The summed E-state index contributed by atoms with van der Waals surface area (Å²) in [4.78, 5) is 15.5. The fourth-order valence-electron chi connectivity index (χ4n) is 3.43. The summed E-state index contributed by atoms with van der Waals surface area (Å²) < 4.78 is 23.3. The number of benzene rings is 2. The predicted octanol–water partition coefficient (Wildman–Crippen LogP) is 4.63. The fraction of sp³-hybridized carbons (Fsp3) is 0.346. The van der Waals surface area contributed by atoms with Gasteiger partial charge in [0.15, 0.2) is 5.76 Å². The lowest BCUT2D eigenvalue weighted by Gasteiger charge is -2.26. The van der Waals surface area contributed by atoms with Gasteiger partial charge in [0, 0.05) is 30.6 Å². The summed E-state index contributed by atoms with van der Waals surface area (Å²) in [6.07, 6.45) is 0.839. The summed E-state index contributed by atoms with van der Waals surface area (Å²) in [6, 6.07) is 21.2. The first kappa shape index (κ1) is 24.7. The second kappa shape index (κ2) is 12.4. The summed E-state index contributed by atoms with van der Waals surface area (Å²) >= 11 is 0. The molecule has 176 valence electrons. The zero-order valence-corrected chi connectivity index (χ0v) is 20.3. The van der Waals surface area contributed by atoms with Gasteiger partial charge in [-0.1, -0.05) is 30.3 Å². The Labute approximate surface area is 198 Å². The molecule has 0 fully saturated rings. The molecule has 1 atom stereocenters. The summed E-state index contributed by atoms with van der Waals surface area (Å²) in [5.74, 6) is 1.42. The third-order valence-electron chi connectivity index (χ3n) is 5.35. The highest BCUT2D eigenvalue weighted by atomic mass is 32.2. The molecule has 1 amide bonds. The van der Waals surface area contributed by atoms with Crippen LogP contribution in [-0.2, 0) is 23.1 Å². The van der Waals surface area contributed by atoms with E-state index in [0.717, 1.165) is 19.5 Å². The largest absolute Gasteiger partial charge is 0.497 e. The highest BCUT2D eigenvalue weighted by Gasteiger charge is 2.14. The van der Waals surface area contributed by atoms with E-state index in [2.05, 4.69) is 48.3 Å². The lowest BCUT2D eigenvalue weighted by atomic mass is 10.2. The first-order valence-electron chi connectivity index (χ1n) is 11.1. The Morgan fingerprint density at radius 2 is 1.79 bits per heavy atom. The Kier molecular flexibility index (Phi) is 9.27. The molecule has 1 heterocycles. The number of amides is 1. The molecule has 0 aliphatic rings. The smallest absolute Gasteiger partial charge is 0.286 e. The van der Waals surface area contributed by atoms with E-state index in [4.69, 9.17) is 9.15 Å². The van der Waals surface area contributed by atoms with Crippen molar-refractivity contribution in [1.82, 2.24) is 10.2 Å². The fourth-order valence-corrected chi connectivity index (χ4v) is 4.45. The summed E-state index contributed by atoms with van der Waals surface area (Å²) in [5, 5.41) is 2.92. The van der Waals surface area contributed by atoms with Gasteiger partial charge in [0.05, 0.1) is 23.7 Å². The molecule has 0 spiro atoms. The van der Waals surface area contributed by atoms with Gasteiger partial charge in [0.1, 0.15) is 11.5 Å². The number of carbonyl (C=O) groups is 1. The number of carbonyl (C=O) groups excluding carboxylic acids is 1. The molecule has 0 saturated heterocycles. The molecule has 7 heteroatoms. The van der Waals surface area contributed by atoms with Gasteiger partial charge in [0.2, 0.25) is 0 Å². The molecule has 0 bridgehead atoms. The number of nitrogens with zero attached hydrogens (tertiary/aromatic N) is 1. The van der Waals surface area contributed by atoms with Crippen LogP contribution in [-0.4, -0.2) is 41.3 Å². The van der Waals surface area contributed by atoms with E-state index in [-0.39, 0.29) is 17.4 Å². The van der Waals surface area contributed by atoms with Gasteiger partial charge in [-0.25, -0.2) is 0 Å². The molecule has 1 N–H and O–H groups in total. The topological polar surface area (TPSA) is 71.8 Å². The molecular formula is C26H32N2O4S. The van der Waals surface area contributed by atoms with Crippen molar-refractivity contribution in [2.75, 3.05) is 20.2 Å². The average molecular weight is 469 g/mol. The van der Waals surface area contributed by atoms with Gasteiger partial charge in [-0.15, -0.1) is 0 Å². The van der Waals surface area contributed by atoms with Crippen LogP contribution in [0.3, 0.4) is 0 Å². The van der Waals surface area contributed by atoms with Crippen LogP contribution in [0.25, 0.3) is 0 Å². The molecule has 3 aromatic rings. The Morgan fingerprint density at radius 3 is 2.45 bits per heavy atom. The van der Waals surface area contributed by atoms with Crippen molar-refractivity contribution < 1.29 is 18.2 Å². The maximum atomic E-state index is 12.6. The van der Waals surface area contributed by atoms with E-state index in [1.54, 1.807) is 43.5 Å². The maximum Gasteiger partial charge on any atom is 0.286 e. The maximum absolute atomic E-state index is 12.6. The summed E-state index contributed by atoms with van der Waals surface area (Å²) in [6.45, 7) is 6.70. The molecule has 1 aromatic heterocycles. The average Bonchev–Trinajstić information content (AvgIpc) is 3.30. The summed E-state index contributed by atoms with van der Waals surface area (Å²) in [5.41, 5.74) is 1.28. The van der Waals surface area contributed by atoms with Gasteiger partial charge < -0.3 is 14.5 Å². The van der Waals surface area contributed by atoms with Gasteiger partial charge in [-0.3, -0.25) is 13.9 Å². The number of hydrogen-bond donors (Lipinski definition) is 1. The lowest BCUT2D eigenvalue weighted by Crippen LogP contribution is -2.34. The number of hydrogen-bond acceptors (Lipinski definition) is 5. The van der Waals surface area contributed by atoms with Crippen molar-refractivity contribution in [3.05, 3.63) is 83.8 Å². The number of furan rings is 1. The molecule has 0 saturated carbocycles. The van der Waals surface area contributed by atoms with Crippen LogP contribution in [0.1, 0.15) is 42.1 Å². The minimum Gasteiger partial charge on any atom is -0.497 e. The Hall–Kier alpha value is -2.90. The standard InChI is InChI=1S/C26H32N2O4S/c1-20(2)28(18-21-8-5-4-6-9-21)17-7-16-27-26(29)25-15-12-23(32-25)19-33(30)24-13-10-22(31-3)11-14-24/h4-6,8-15,20H,7,16-19H2,1-3H3,(H,27,29)/t33-/m1/s1. The Balaban J connectivity index is 1.44. The zero-order chi connectivity index (χ0) is 23.6. The van der Waals surface area contributed by atoms with Crippen molar-refractivity contribution in [3.8, 4) is 5.75 Å². The third-order valence-corrected chi connectivity index (χ3v) is 6.69. The van der Waals surface area contributed by atoms with Crippen LogP contribution in [0, 0.1) is 0 Å². The molecular weight excluding hydrogens is 436 g/mol. The molecule has 2 aromatic carbocycles. The number of methoxy groups -OCH3 is 1. The first-order chi connectivity index (χ1) is 16.0. The van der Waals surface area contributed by atoms with E-state index >= 15 is 0 Å². The van der Waals surface area contributed by atoms with Crippen LogP contribution in [0.15, 0.2) is 76.0 Å². The Bertz CT molecular complexity index is 1030. The first-order valence-corrected chi connectivity index (χ1v) is 12.5. The van der Waals surface area contributed by atoms with Crippen molar-refractivity contribution in [2.45, 2.75) is 43.5 Å². The molecule has 0 unspecified atom stereocenters. The normalized spacial score (nSPS) is 12.2. The van der Waals surface area contributed by atoms with Gasteiger partial charge >= 0.3 is 0 Å². The van der Waals surface area contributed by atoms with Crippen molar-refractivity contribution in [3.63, 3.8) is 0 Å². The number of rotatable bonds is 12. The molecule has 6 nitrogen and oxygen atoms in total. The highest BCUT2D eigenvalue weighted by molar-refractivity contribution is 7.84. The Morgan fingerprint density at radius 1 is 1.06 bits per heavy atom. The predicted molar refractivity (Wildman–Crippen MR) is 131 cm³/mol. The van der Waals surface area contributed by atoms with E-state index in [0.29, 0.717) is 29.0 Å². The van der Waals surface area contributed by atoms with Gasteiger partial charge in [0.25, 0.3) is 5.91 Å². The SMILES string of the molecule is COc1ccc([S@](=O)Cc2ccc(C(=O)NCCCN(Cc3ccccc3)C(C)C)o2)cc1. The van der Waals surface area contributed by atoms with Crippen LogP contribution >= 0.6 is 0 Å². The number of ether oxygens (including phenoxy) is 1. The van der Waals surface area contributed by atoms with Crippen LogP contribution in [0.2, 0.25) is 0 Å². The minimum atomic E-state index is -1.26. The number of nitrogens with one attached hydrogen (secondary N) is 1. The van der Waals surface area contributed by atoms with Gasteiger partial charge in [-0.2, -0.15) is 0 Å². The van der Waals surface area contributed by atoms with E-state index < -0.39 is 10.8 Å².